The summed E-state index contributed by atoms with van der Waals surface area (Å²) in [5.41, 5.74) is 1.04. The van der Waals surface area contributed by atoms with Crippen molar-refractivity contribution in [3.8, 4) is 6.07 Å². The number of nitriles is 1. The molecule has 1 heterocycles. The fourth-order valence-corrected chi connectivity index (χ4v) is 2.50. The van der Waals surface area contributed by atoms with Gasteiger partial charge in [0.05, 0.1) is 16.5 Å². The first-order chi connectivity index (χ1) is 9.03. The first kappa shape index (κ1) is 13.0. The molecule has 0 amide bonds. The Morgan fingerprint density at radius 1 is 1.26 bits per heavy atom. The van der Waals surface area contributed by atoms with Crippen LogP contribution < -0.4 is 4.72 Å². The largest absolute Gasteiger partial charge is 0.264 e. The molecule has 2 rings (SSSR count). The Morgan fingerprint density at radius 3 is 2.53 bits per heavy atom. The van der Waals surface area contributed by atoms with Gasteiger partial charge in [0.25, 0.3) is 10.0 Å². The molecule has 7 heteroatoms. The van der Waals surface area contributed by atoms with Gasteiger partial charge in [0.2, 0.25) is 5.95 Å². The number of nitrogens with zero attached hydrogens (tertiary/aromatic N) is 3. The van der Waals surface area contributed by atoms with Gasteiger partial charge in [-0.05, 0) is 36.8 Å². The van der Waals surface area contributed by atoms with E-state index in [4.69, 9.17) is 5.26 Å². The number of aromatic nitrogens is 2. The maximum atomic E-state index is 12.1. The Bertz CT molecular complexity index is 736. The highest BCUT2D eigenvalue weighted by Gasteiger charge is 2.16. The minimum atomic E-state index is -3.75. The summed E-state index contributed by atoms with van der Waals surface area (Å²) in [6.45, 7) is 1.68. The van der Waals surface area contributed by atoms with Gasteiger partial charge in [-0.15, -0.1) is 0 Å². The summed E-state index contributed by atoms with van der Waals surface area (Å²) in [5.74, 6) is 0.00418. The van der Waals surface area contributed by atoms with E-state index in [9.17, 15) is 8.42 Å². The van der Waals surface area contributed by atoms with E-state index in [-0.39, 0.29) is 10.8 Å². The van der Waals surface area contributed by atoms with E-state index < -0.39 is 10.0 Å². The fourth-order valence-electron chi connectivity index (χ4n) is 1.46. The van der Waals surface area contributed by atoms with Crippen molar-refractivity contribution in [1.82, 2.24) is 9.97 Å². The number of rotatable bonds is 3. The normalized spacial score (nSPS) is 10.7. The first-order valence-electron chi connectivity index (χ1n) is 5.33. The molecule has 1 aromatic heterocycles. The second-order valence-corrected chi connectivity index (χ2v) is 5.45. The van der Waals surface area contributed by atoms with Crippen LogP contribution in [0.15, 0.2) is 41.6 Å². The van der Waals surface area contributed by atoms with Crippen molar-refractivity contribution in [2.45, 2.75) is 11.8 Å². The van der Waals surface area contributed by atoms with E-state index in [2.05, 4.69) is 14.7 Å². The van der Waals surface area contributed by atoms with Crippen LogP contribution in [-0.2, 0) is 10.0 Å². The molecule has 0 aliphatic rings. The van der Waals surface area contributed by atoms with E-state index in [1.165, 1.54) is 30.6 Å². The molecular formula is C12H10N4O2S. The molecule has 6 nitrogen and oxygen atoms in total. The van der Waals surface area contributed by atoms with Gasteiger partial charge in [0, 0.05) is 12.4 Å². The zero-order valence-corrected chi connectivity index (χ0v) is 10.8. The molecule has 1 N–H and O–H groups in total. The fraction of sp³-hybridized carbons (Fsp3) is 0.0833. The molecule has 0 aliphatic heterocycles. The lowest BCUT2D eigenvalue weighted by molar-refractivity contribution is 0.600. The average Bonchev–Trinajstić information content (AvgIpc) is 2.39. The smallest absolute Gasteiger partial charge is 0.247 e. The Morgan fingerprint density at radius 2 is 1.95 bits per heavy atom. The van der Waals surface area contributed by atoms with Crippen LogP contribution in [0.3, 0.4) is 0 Å². The van der Waals surface area contributed by atoms with Gasteiger partial charge in [-0.3, -0.25) is 0 Å². The summed E-state index contributed by atoms with van der Waals surface area (Å²) in [7, 11) is -3.75. The van der Waals surface area contributed by atoms with Crippen LogP contribution in [0.1, 0.15) is 11.1 Å². The maximum absolute atomic E-state index is 12.1. The summed E-state index contributed by atoms with van der Waals surface area (Å²) in [6, 6.07) is 7.84. The van der Waals surface area contributed by atoms with Crippen molar-refractivity contribution in [2.24, 2.45) is 0 Å². The SMILES string of the molecule is Cc1cc(S(=O)(=O)Nc2ncccn2)ccc1C#N. The third kappa shape index (κ3) is 2.86. The lowest BCUT2D eigenvalue weighted by atomic mass is 10.1. The number of benzene rings is 1. The molecule has 2 aromatic rings. The molecule has 0 spiro atoms. The Labute approximate surface area is 110 Å². The number of hydrogen-bond acceptors (Lipinski definition) is 5. The standard InChI is InChI=1S/C12H10N4O2S/c1-9-7-11(4-3-10(9)8-13)19(17,18)16-12-14-5-2-6-15-12/h2-7H,1H3,(H,14,15,16). The second-order valence-electron chi connectivity index (χ2n) is 3.77. The number of sulfonamides is 1. The summed E-state index contributed by atoms with van der Waals surface area (Å²) in [5, 5.41) is 8.81. The molecular weight excluding hydrogens is 264 g/mol. The molecule has 0 saturated heterocycles. The van der Waals surface area contributed by atoms with Gasteiger partial charge in [0.1, 0.15) is 0 Å². The molecule has 0 fully saturated rings. The number of aryl methyl sites for hydroxylation is 1. The summed E-state index contributed by atoms with van der Waals surface area (Å²) < 4.78 is 26.4. The minimum absolute atomic E-state index is 0.00418. The molecule has 96 valence electrons. The van der Waals surface area contributed by atoms with Gasteiger partial charge >= 0.3 is 0 Å². The van der Waals surface area contributed by atoms with Crippen molar-refractivity contribution in [3.63, 3.8) is 0 Å². The van der Waals surface area contributed by atoms with Crippen molar-refractivity contribution in [1.29, 1.82) is 5.26 Å². The van der Waals surface area contributed by atoms with E-state index in [1.54, 1.807) is 13.0 Å². The monoisotopic (exact) mass is 274 g/mol. The molecule has 0 atom stereocenters. The zero-order valence-electron chi connectivity index (χ0n) is 10.0. The third-order valence-electron chi connectivity index (χ3n) is 2.42. The highest BCUT2D eigenvalue weighted by molar-refractivity contribution is 7.92. The zero-order chi connectivity index (χ0) is 13.9. The second kappa shape index (κ2) is 5.04. The number of nitrogens with one attached hydrogen (secondary N) is 1. The van der Waals surface area contributed by atoms with Crippen LogP contribution in [0.4, 0.5) is 5.95 Å². The highest BCUT2D eigenvalue weighted by atomic mass is 32.2. The summed E-state index contributed by atoms with van der Waals surface area (Å²) >= 11 is 0. The number of anilines is 1. The van der Waals surface area contributed by atoms with Crippen LogP contribution in [0, 0.1) is 18.3 Å². The van der Waals surface area contributed by atoms with E-state index in [1.807, 2.05) is 6.07 Å². The van der Waals surface area contributed by atoms with Gasteiger partial charge in [-0.2, -0.15) is 5.26 Å². The Kier molecular flexibility index (Phi) is 3.44. The quantitative estimate of drug-likeness (QED) is 0.914. The molecule has 1 aromatic carbocycles. The van der Waals surface area contributed by atoms with Crippen LogP contribution in [0.2, 0.25) is 0 Å². The van der Waals surface area contributed by atoms with Crippen molar-refractivity contribution < 1.29 is 8.42 Å². The molecule has 0 saturated carbocycles. The van der Waals surface area contributed by atoms with Crippen LogP contribution in [0.5, 0.6) is 0 Å². The lowest BCUT2D eigenvalue weighted by Gasteiger charge is -2.07. The predicted octanol–water partition coefficient (Wildman–Crippen LogP) is 1.46. The maximum Gasteiger partial charge on any atom is 0.264 e. The van der Waals surface area contributed by atoms with Gasteiger partial charge in [0.15, 0.2) is 0 Å². The Balaban J connectivity index is 2.36. The van der Waals surface area contributed by atoms with E-state index in [0.717, 1.165) is 0 Å². The van der Waals surface area contributed by atoms with Gasteiger partial charge < -0.3 is 0 Å². The molecule has 19 heavy (non-hydrogen) atoms. The first-order valence-corrected chi connectivity index (χ1v) is 6.82. The van der Waals surface area contributed by atoms with Crippen LogP contribution in [0.25, 0.3) is 0 Å². The Hall–Kier alpha value is -2.46. The molecule has 0 unspecified atom stereocenters. The van der Waals surface area contributed by atoms with Crippen LogP contribution in [-0.4, -0.2) is 18.4 Å². The minimum Gasteiger partial charge on any atom is -0.247 e. The summed E-state index contributed by atoms with van der Waals surface area (Å²) in [4.78, 5) is 7.65. The van der Waals surface area contributed by atoms with Crippen LogP contribution >= 0.6 is 0 Å². The average molecular weight is 274 g/mol. The van der Waals surface area contributed by atoms with E-state index >= 15 is 0 Å². The van der Waals surface area contributed by atoms with Crippen molar-refractivity contribution in [2.75, 3.05) is 4.72 Å². The van der Waals surface area contributed by atoms with Crippen molar-refractivity contribution in [3.05, 3.63) is 47.8 Å². The van der Waals surface area contributed by atoms with Crippen molar-refractivity contribution >= 4 is 16.0 Å². The molecule has 0 radical (unpaired) electrons. The molecule has 0 aliphatic carbocycles. The number of hydrogen-bond donors (Lipinski definition) is 1. The third-order valence-corrected chi connectivity index (χ3v) is 3.75. The highest BCUT2D eigenvalue weighted by Crippen LogP contribution is 2.16. The molecule has 0 bridgehead atoms. The lowest BCUT2D eigenvalue weighted by Crippen LogP contribution is -2.15. The van der Waals surface area contributed by atoms with Gasteiger partial charge in [-0.1, -0.05) is 0 Å². The topological polar surface area (TPSA) is 95.7 Å². The predicted molar refractivity (Wildman–Crippen MR) is 68.7 cm³/mol. The van der Waals surface area contributed by atoms with Gasteiger partial charge in [-0.25, -0.2) is 23.1 Å². The summed E-state index contributed by atoms with van der Waals surface area (Å²) in [6.07, 6.45) is 2.88. The van der Waals surface area contributed by atoms with E-state index in [0.29, 0.717) is 11.1 Å².